The Morgan fingerprint density at radius 3 is 2.40 bits per heavy atom. The summed E-state index contributed by atoms with van der Waals surface area (Å²) in [7, 11) is 0. The van der Waals surface area contributed by atoms with E-state index in [0.29, 0.717) is 33.2 Å². The van der Waals surface area contributed by atoms with E-state index in [1.807, 2.05) is 12.1 Å². The maximum atomic E-state index is 11.8. The number of fused-ring (bicyclic) bond motifs is 1. The topological polar surface area (TPSA) is 151 Å². The van der Waals surface area contributed by atoms with Gasteiger partial charge >= 0.3 is 5.97 Å². The average Bonchev–Trinajstić information content (AvgIpc) is 3.52. The van der Waals surface area contributed by atoms with Gasteiger partial charge in [-0.2, -0.15) is 5.26 Å². The van der Waals surface area contributed by atoms with E-state index in [1.165, 1.54) is 40.9 Å². The molecule has 0 bridgehead atoms. The second-order valence-corrected chi connectivity index (χ2v) is 13.9. The number of hydrogen-bond acceptors (Lipinski definition) is 8. The van der Waals surface area contributed by atoms with E-state index in [9.17, 15) is 20.3 Å². The molecule has 5 N–H and O–H groups in total. The van der Waals surface area contributed by atoms with Crippen LogP contribution in [0.1, 0.15) is 51.4 Å². The first-order valence-corrected chi connectivity index (χ1v) is 17.4. The normalized spacial score (nSPS) is 14.7. The Morgan fingerprint density at radius 2 is 1.65 bits per heavy atom. The third-order valence-corrected chi connectivity index (χ3v) is 10.1. The standard InChI is InChI=1S/C42H41ClN4O5/c1-25-31(6-4-8-36(25)37-9-5-7-35(26(37)2)30-11-10-29-14-34(45)15-32(29)13-30)23-52-40-17-39(51-22-28-12-27(18-44)19-46-20-28)33(16-38(40)43)21-47-42(3,24-48)41(49)50/h4-13,16-17,19-20,34,47-48H,14-15,21-24,45H2,1-3H3,(H,49,50)/t34?,42-/m0/s1. The lowest BCUT2D eigenvalue weighted by Crippen LogP contribution is -2.52. The van der Waals surface area contributed by atoms with Crippen molar-refractivity contribution in [1.29, 1.82) is 5.26 Å². The van der Waals surface area contributed by atoms with Crippen LogP contribution in [-0.4, -0.2) is 39.4 Å². The number of carboxylic acid groups (broad SMARTS) is 1. The average molecular weight is 717 g/mol. The van der Waals surface area contributed by atoms with Gasteiger partial charge in [-0.1, -0.05) is 66.2 Å². The highest BCUT2D eigenvalue weighted by Gasteiger charge is 2.32. The van der Waals surface area contributed by atoms with Crippen molar-refractivity contribution in [3.63, 3.8) is 0 Å². The molecule has 0 amide bonds. The molecule has 52 heavy (non-hydrogen) atoms. The number of hydrogen-bond donors (Lipinski definition) is 4. The Bertz CT molecular complexity index is 2180. The van der Waals surface area contributed by atoms with Gasteiger partial charge in [0.15, 0.2) is 0 Å². The molecule has 6 rings (SSSR count). The molecule has 0 saturated carbocycles. The molecule has 1 unspecified atom stereocenters. The number of carbonyl (C=O) groups is 1. The van der Waals surface area contributed by atoms with Crippen molar-refractivity contribution in [2.45, 2.75) is 65.0 Å². The number of carboxylic acids is 1. The van der Waals surface area contributed by atoms with Crippen molar-refractivity contribution in [2.75, 3.05) is 6.61 Å². The molecule has 0 spiro atoms. The molecule has 9 nitrogen and oxygen atoms in total. The van der Waals surface area contributed by atoms with Gasteiger partial charge in [-0.05, 0) is 95.8 Å². The SMILES string of the molecule is Cc1c(COc2cc(OCc3cncc(C#N)c3)c(CN[C@@](C)(CO)C(=O)O)cc2Cl)cccc1-c1cccc(-c2ccc3c(c2)CC(N)C3)c1C. The lowest BCUT2D eigenvalue weighted by atomic mass is 9.89. The van der Waals surface area contributed by atoms with E-state index in [1.54, 1.807) is 24.4 Å². The second kappa shape index (κ2) is 15.6. The van der Waals surface area contributed by atoms with Crippen molar-refractivity contribution < 1.29 is 24.5 Å². The predicted octanol–water partition coefficient (Wildman–Crippen LogP) is 7.07. The maximum Gasteiger partial charge on any atom is 0.326 e. The number of ether oxygens (including phenoxy) is 2. The molecule has 1 aliphatic rings. The third-order valence-electron chi connectivity index (χ3n) is 9.83. The molecule has 0 fully saturated rings. The minimum absolute atomic E-state index is 0.0355. The van der Waals surface area contributed by atoms with Crippen molar-refractivity contribution in [1.82, 2.24) is 10.3 Å². The second-order valence-electron chi connectivity index (χ2n) is 13.5. The van der Waals surface area contributed by atoms with Crippen LogP contribution in [0.2, 0.25) is 5.02 Å². The summed E-state index contributed by atoms with van der Waals surface area (Å²) in [6.45, 7) is 5.38. The number of benzene rings is 4. The molecule has 1 aliphatic carbocycles. The number of nitrogens with one attached hydrogen (secondary N) is 1. The molecular weight excluding hydrogens is 676 g/mol. The maximum absolute atomic E-state index is 11.8. The largest absolute Gasteiger partial charge is 0.488 e. The fourth-order valence-electron chi connectivity index (χ4n) is 6.58. The molecule has 266 valence electrons. The van der Waals surface area contributed by atoms with Crippen LogP contribution < -0.4 is 20.5 Å². The number of pyridine rings is 1. The van der Waals surface area contributed by atoms with Crippen LogP contribution >= 0.6 is 11.6 Å². The highest BCUT2D eigenvalue weighted by atomic mass is 35.5. The van der Waals surface area contributed by atoms with Crippen molar-refractivity contribution >= 4 is 17.6 Å². The van der Waals surface area contributed by atoms with Crippen LogP contribution in [-0.2, 0) is 37.4 Å². The van der Waals surface area contributed by atoms with E-state index >= 15 is 0 Å². The van der Waals surface area contributed by atoms with Gasteiger partial charge in [-0.3, -0.25) is 15.1 Å². The van der Waals surface area contributed by atoms with Crippen molar-refractivity contribution in [3.05, 3.63) is 135 Å². The van der Waals surface area contributed by atoms with Crippen LogP contribution in [0, 0.1) is 25.2 Å². The zero-order chi connectivity index (χ0) is 37.0. The first kappa shape index (κ1) is 36.5. The monoisotopic (exact) mass is 716 g/mol. The smallest absolute Gasteiger partial charge is 0.326 e. The van der Waals surface area contributed by atoms with Gasteiger partial charge in [0.25, 0.3) is 0 Å². The molecule has 0 aliphatic heterocycles. The predicted molar refractivity (Wildman–Crippen MR) is 201 cm³/mol. The summed E-state index contributed by atoms with van der Waals surface area (Å²) < 4.78 is 12.5. The summed E-state index contributed by atoms with van der Waals surface area (Å²) in [6.07, 6.45) is 4.90. The molecule has 5 aromatic rings. The summed E-state index contributed by atoms with van der Waals surface area (Å²) in [5.41, 5.74) is 16.8. The zero-order valence-corrected chi connectivity index (χ0v) is 30.1. The molecule has 10 heteroatoms. The summed E-state index contributed by atoms with van der Waals surface area (Å²) in [5, 5.41) is 31.9. The number of nitrogens with zero attached hydrogens (tertiary/aromatic N) is 2. The number of aromatic nitrogens is 1. The van der Waals surface area contributed by atoms with Crippen molar-refractivity contribution in [2.24, 2.45) is 5.73 Å². The van der Waals surface area contributed by atoms with Crippen LogP contribution in [0.5, 0.6) is 11.5 Å². The number of halogens is 1. The molecule has 4 aromatic carbocycles. The van der Waals surface area contributed by atoms with E-state index in [0.717, 1.165) is 35.1 Å². The third kappa shape index (κ3) is 7.81. The van der Waals surface area contributed by atoms with Gasteiger partial charge in [-0.15, -0.1) is 0 Å². The van der Waals surface area contributed by atoms with E-state index in [-0.39, 0.29) is 25.8 Å². The van der Waals surface area contributed by atoms with E-state index < -0.39 is 18.1 Å². The Labute approximate surface area is 308 Å². The van der Waals surface area contributed by atoms with Crippen LogP contribution in [0.3, 0.4) is 0 Å². The first-order chi connectivity index (χ1) is 25.0. The fraction of sp³-hybridized carbons (Fsp3) is 0.262. The Kier molecular flexibility index (Phi) is 10.9. The van der Waals surface area contributed by atoms with Crippen LogP contribution in [0.4, 0.5) is 0 Å². The van der Waals surface area contributed by atoms with Crippen LogP contribution in [0.25, 0.3) is 22.3 Å². The summed E-state index contributed by atoms with van der Waals surface area (Å²) >= 11 is 6.75. The summed E-state index contributed by atoms with van der Waals surface area (Å²) in [6, 6.07) is 26.6. The van der Waals surface area contributed by atoms with Gasteiger partial charge in [0.2, 0.25) is 0 Å². The first-order valence-electron chi connectivity index (χ1n) is 17.1. The van der Waals surface area contributed by atoms with Gasteiger partial charge < -0.3 is 25.4 Å². The van der Waals surface area contributed by atoms with E-state index in [2.05, 4.69) is 72.7 Å². The summed E-state index contributed by atoms with van der Waals surface area (Å²) in [5.74, 6) is -0.422. The molecule has 2 atom stereocenters. The van der Waals surface area contributed by atoms with E-state index in [4.69, 9.17) is 26.8 Å². The van der Waals surface area contributed by atoms with Gasteiger partial charge in [0, 0.05) is 42.2 Å². The van der Waals surface area contributed by atoms with Gasteiger partial charge in [0.1, 0.15) is 36.3 Å². The quantitative estimate of drug-likeness (QED) is 0.100. The summed E-state index contributed by atoms with van der Waals surface area (Å²) in [4.78, 5) is 15.9. The number of aliphatic hydroxyl groups is 1. The van der Waals surface area contributed by atoms with Crippen LogP contribution in [0.15, 0.2) is 85.2 Å². The molecular formula is C42H41ClN4O5. The number of nitriles is 1. The van der Waals surface area contributed by atoms with Crippen molar-refractivity contribution in [3.8, 4) is 39.8 Å². The fourth-order valence-corrected chi connectivity index (χ4v) is 6.83. The molecule has 1 aromatic heterocycles. The van der Waals surface area contributed by atoms with Gasteiger partial charge in [-0.25, -0.2) is 0 Å². The molecule has 0 radical (unpaired) electrons. The van der Waals surface area contributed by atoms with Gasteiger partial charge in [0.05, 0.1) is 17.2 Å². The Morgan fingerprint density at radius 1 is 0.942 bits per heavy atom. The highest BCUT2D eigenvalue weighted by Crippen LogP contribution is 2.38. The minimum atomic E-state index is -1.58. The molecule has 1 heterocycles. The number of aliphatic carboxylic acids is 1. The number of aliphatic hydroxyl groups excluding tert-OH is 1. The molecule has 0 saturated heterocycles. The number of nitrogens with two attached hydrogens (primary N) is 1. The lowest BCUT2D eigenvalue weighted by Gasteiger charge is -2.25. The highest BCUT2D eigenvalue weighted by molar-refractivity contribution is 6.32. The Balaban J connectivity index is 1.26. The number of rotatable bonds is 13. The zero-order valence-electron chi connectivity index (χ0n) is 29.4. The minimum Gasteiger partial charge on any atom is -0.488 e. The lowest BCUT2D eigenvalue weighted by molar-refractivity contribution is -0.145. The Hall–Kier alpha value is -5.24.